The van der Waals surface area contributed by atoms with Gasteiger partial charge in [0.1, 0.15) is 5.92 Å². The summed E-state index contributed by atoms with van der Waals surface area (Å²) in [5, 5.41) is 10.6. The minimum atomic E-state index is -0.539. The third kappa shape index (κ3) is 4.02. The number of benzene rings is 1. The van der Waals surface area contributed by atoms with Crippen LogP contribution in [-0.4, -0.2) is 15.2 Å². The second-order valence-electron chi connectivity index (χ2n) is 6.03. The number of hydrogen-bond donors (Lipinski definition) is 1. The van der Waals surface area contributed by atoms with Crippen LogP contribution in [-0.2, 0) is 0 Å². The molecule has 2 rings (SSSR count). The van der Waals surface area contributed by atoms with Gasteiger partial charge in [-0.3, -0.25) is 4.79 Å². The molecule has 1 aromatic carbocycles. The molecule has 1 unspecified atom stereocenters. The van der Waals surface area contributed by atoms with E-state index in [0.717, 1.165) is 16.7 Å². The fraction of sp³-hybridized carbons (Fsp3) is 0.389. The van der Waals surface area contributed by atoms with E-state index in [4.69, 9.17) is 0 Å². The lowest BCUT2D eigenvalue weighted by atomic mass is 9.92. The van der Waals surface area contributed by atoms with Crippen LogP contribution in [0, 0.1) is 32.1 Å². The number of aryl methyl sites for hydroxylation is 2. The highest BCUT2D eigenvalue weighted by Crippen LogP contribution is 2.27. The van der Waals surface area contributed by atoms with Gasteiger partial charge in [0.25, 0.3) is 5.56 Å². The third-order valence-electron chi connectivity index (χ3n) is 3.49. The average Bonchev–Trinajstić information content (AvgIpc) is 2.43. The maximum absolute atomic E-state index is 12.2. The Labute approximate surface area is 141 Å². The Kier molecular flexibility index (Phi) is 5.27. The van der Waals surface area contributed by atoms with Crippen molar-refractivity contribution in [3.8, 4) is 6.07 Å². The van der Waals surface area contributed by atoms with Crippen LogP contribution in [0.15, 0.2) is 28.2 Å². The predicted octanol–water partition coefficient (Wildman–Crippen LogP) is 3.85. The van der Waals surface area contributed by atoms with E-state index in [1.807, 2.05) is 39.8 Å². The highest BCUT2D eigenvalue weighted by molar-refractivity contribution is 7.99. The van der Waals surface area contributed by atoms with Crippen LogP contribution in [0.4, 0.5) is 0 Å². The number of nitrogens with zero attached hydrogens (tertiary/aromatic N) is 2. The maximum atomic E-state index is 12.2. The first kappa shape index (κ1) is 17.3. The molecule has 1 aromatic heterocycles. The predicted molar refractivity (Wildman–Crippen MR) is 94.0 cm³/mol. The highest BCUT2D eigenvalue weighted by Gasteiger charge is 2.21. The van der Waals surface area contributed by atoms with Gasteiger partial charge in [-0.25, -0.2) is 4.98 Å². The zero-order valence-electron chi connectivity index (χ0n) is 14.1. The second-order valence-corrected chi connectivity index (χ2v) is 7.60. The van der Waals surface area contributed by atoms with Gasteiger partial charge in [0.15, 0.2) is 5.16 Å². The molecule has 4 nitrogen and oxygen atoms in total. The summed E-state index contributed by atoms with van der Waals surface area (Å²) in [6.45, 7) is 9.80. The van der Waals surface area contributed by atoms with Crippen LogP contribution in [0.3, 0.4) is 0 Å². The maximum Gasteiger partial charge on any atom is 0.254 e. The SMILES string of the molecule is Cc1cc(C)cc(C(C#N)c2nc(SC(C)C)[nH]c(=O)c2C)c1. The molecule has 1 N–H and O–H groups in total. The van der Waals surface area contributed by atoms with Gasteiger partial charge in [-0.2, -0.15) is 5.26 Å². The number of aromatic amines is 1. The van der Waals surface area contributed by atoms with E-state index in [9.17, 15) is 10.1 Å². The lowest BCUT2D eigenvalue weighted by molar-refractivity contribution is 0.823. The van der Waals surface area contributed by atoms with Gasteiger partial charge in [-0.15, -0.1) is 0 Å². The lowest BCUT2D eigenvalue weighted by Crippen LogP contribution is -2.18. The number of nitrogens with one attached hydrogen (secondary N) is 1. The van der Waals surface area contributed by atoms with Crippen LogP contribution in [0.25, 0.3) is 0 Å². The topological polar surface area (TPSA) is 69.5 Å². The summed E-state index contributed by atoms with van der Waals surface area (Å²) in [6.07, 6.45) is 0. The first-order valence-electron chi connectivity index (χ1n) is 7.57. The smallest absolute Gasteiger partial charge is 0.254 e. The third-order valence-corrected chi connectivity index (χ3v) is 4.38. The van der Waals surface area contributed by atoms with Gasteiger partial charge in [-0.05, 0) is 26.3 Å². The highest BCUT2D eigenvalue weighted by atomic mass is 32.2. The van der Waals surface area contributed by atoms with E-state index < -0.39 is 5.92 Å². The monoisotopic (exact) mass is 327 g/mol. The van der Waals surface area contributed by atoms with Crippen molar-refractivity contribution < 1.29 is 0 Å². The first-order chi connectivity index (χ1) is 10.8. The Morgan fingerprint density at radius 1 is 1.17 bits per heavy atom. The fourth-order valence-electron chi connectivity index (χ4n) is 2.56. The average molecular weight is 327 g/mol. The molecular weight excluding hydrogens is 306 g/mol. The van der Waals surface area contributed by atoms with Gasteiger partial charge < -0.3 is 4.98 Å². The molecule has 0 radical (unpaired) electrons. The van der Waals surface area contributed by atoms with Gasteiger partial charge in [-0.1, -0.05) is 54.9 Å². The molecule has 5 heteroatoms. The largest absolute Gasteiger partial charge is 0.301 e. The van der Waals surface area contributed by atoms with Crippen molar-refractivity contribution in [2.45, 2.75) is 50.9 Å². The molecule has 0 aliphatic heterocycles. The molecule has 0 fully saturated rings. The Hall–Kier alpha value is -2.06. The van der Waals surface area contributed by atoms with Crippen LogP contribution in [0.2, 0.25) is 0 Å². The number of hydrogen-bond acceptors (Lipinski definition) is 4. The van der Waals surface area contributed by atoms with E-state index in [1.54, 1.807) is 6.92 Å². The van der Waals surface area contributed by atoms with E-state index >= 15 is 0 Å². The van der Waals surface area contributed by atoms with Crippen LogP contribution >= 0.6 is 11.8 Å². The summed E-state index contributed by atoms with van der Waals surface area (Å²) in [6, 6.07) is 8.35. The zero-order valence-corrected chi connectivity index (χ0v) is 14.9. The van der Waals surface area contributed by atoms with Crippen molar-refractivity contribution >= 4 is 11.8 Å². The van der Waals surface area contributed by atoms with Crippen molar-refractivity contribution in [3.63, 3.8) is 0 Å². The van der Waals surface area contributed by atoms with Crippen molar-refractivity contribution in [1.82, 2.24) is 9.97 Å². The molecule has 2 aromatic rings. The van der Waals surface area contributed by atoms with E-state index in [-0.39, 0.29) is 5.56 Å². The van der Waals surface area contributed by atoms with Crippen LogP contribution < -0.4 is 5.56 Å². The van der Waals surface area contributed by atoms with E-state index in [0.29, 0.717) is 21.7 Å². The standard InChI is InChI=1S/C18H21N3OS/c1-10(2)23-18-20-16(13(5)17(22)21-18)15(9-19)14-7-11(3)6-12(4)8-14/h6-8,10,15H,1-5H3,(H,20,21,22). The Morgan fingerprint density at radius 3 is 2.30 bits per heavy atom. The van der Waals surface area contributed by atoms with Gasteiger partial charge in [0.05, 0.1) is 11.8 Å². The molecule has 0 spiro atoms. The van der Waals surface area contributed by atoms with Gasteiger partial charge in [0, 0.05) is 10.8 Å². The molecule has 0 bridgehead atoms. The molecule has 0 aliphatic rings. The number of thioether (sulfide) groups is 1. The molecule has 0 saturated carbocycles. The van der Waals surface area contributed by atoms with E-state index in [1.165, 1.54) is 11.8 Å². The molecule has 23 heavy (non-hydrogen) atoms. The normalized spacial score (nSPS) is 12.2. The molecule has 0 aliphatic carbocycles. The van der Waals surface area contributed by atoms with Crippen molar-refractivity contribution in [2.24, 2.45) is 0 Å². The summed E-state index contributed by atoms with van der Waals surface area (Å²) in [4.78, 5) is 19.6. The molecule has 0 amide bonds. The van der Waals surface area contributed by atoms with Crippen molar-refractivity contribution in [3.05, 3.63) is 56.5 Å². The number of rotatable bonds is 4. The summed E-state index contributed by atoms with van der Waals surface area (Å²) >= 11 is 1.49. The molecule has 0 saturated heterocycles. The summed E-state index contributed by atoms with van der Waals surface area (Å²) < 4.78 is 0. The zero-order chi connectivity index (χ0) is 17.1. The van der Waals surface area contributed by atoms with Gasteiger partial charge >= 0.3 is 0 Å². The van der Waals surface area contributed by atoms with E-state index in [2.05, 4.69) is 22.1 Å². The Bertz CT molecular complexity index is 798. The lowest BCUT2D eigenvalue weighted by Gasteiger charge is -2.14. The molecule has 120 valence electrons. The Morgan fingerprint density at radius 2 is 1.78 bits per heavy atom. The van der Waals surface area contributed by atoms with Crippen LogP contribution in [0.1, 0.15) is 47.7 Å². The minimum Gasteiger partial charge on any atom is -0.301 e. The number of H-pyrrole nitrogens is 1. The molecular formula is C18H21N3OS. The van der Waals surface area contributed by atoms with Crippen LogP contribution in [0.5, 0.6) is 0 Å². The Balaban J connectivity index is 2.59. The first-order valence-corrected chi connectivity index (χ1v) is 8.45. The number of aromatic nitrogens is 2. The van der Waals surface area contributed by atoms with Gasteiger partial charge in [0.2, 0.25) is 0 Å². The van der Waals surface area contributed by atoms with Crippen molar-refractivity contribution in [2.75, 3.05) is 0 Å². The quantitative estimate of drug-likeness (QED) is 0.684. The molecule has 1 atom stereocenters. The summed E-state index contributed by atoms with van der Waals surface area (Å²) in [5.74, 6) is -0.539. The summed E-state index contributed by atoms with van der Waals surface area (Å²) in [7, 11) is 0. The second kappa shape index (κ2) is 7.01. The minimum absolute atomic E-state index is 0.178. The summed E-state index contributed by atoms with van der Waals surface area (Å²) in [5.41, 5.74) is 3.95. The fourth-order valence-corrected chi connectivity index (χ4v) is 3.31. The number of nitriles is 1. The molecule has 1 heterocycles. The van der Waals surface area contributed by atoms with Crippen molar-refractivity contribution in [1.29, 1.82) is 5.26 Å².